The molecule has 0 atom stereocenters. The molecule has 0 aliphatic carbocycles. The first-order chi connectivity index (χ1) is 10.8. The van der Waals surface area contributed by atoms with Crippen molar-refractivity contribution >= 4 is 17.6 Å². The van der Waals surface area contributed by atoms with Crippen LogP contribution >= 0.6 is 0 Å². The highest BCUT2D eigenvalue weighted by Gasteiger charge is 2.06. The molecule has 3 rings (SSSR count). The maximum Gasteiger partial charge on any atom is 0.123 e. The van der Waals surface area contributed by atoms with Gasteiger partial charge < -0.3 is 0 Å². The molecular formula is C19H15FN2. The first kappa shape index (κ1) is 14.0. The van der Waals surface area contributed by atoms with Crippen LogP contribution in [0.3, 0.4) is 0 Å². The van der Waals surface area contributed by atoms with Crippen molar-refractivity contribution in [2.75, 3.05) is 5.01 Å². The fraction of sp³-hybridized carbons (Fsp3) is 0. The fourth-order valence-corrected chi connectivity index (χ4v) is 2.13. The Morgan fingerprint density at radius 1 is 0.727 bits per heavy atom. The summed E-state index contributed by atoms with van der Waals surface area (Å²) in [4.78, 5) is 0. The molecule has 0 aromatic heterocycles. The largest absolute Gasteiger partial charge is 0.234 e. The van der Waals surface area contributed by atoms with Gasteiger partial charge in [-0.2, -0.15) is 5.10 Å². The quantitative estimate of drug-likeness (QED) is 0.488. The third-order valence-electron chi connectivity index (χ3n) is 3.17. The van der Waals surface area contributed by atoms with Gasteiger partial charge >= 0.3 is 0 Å². The maximum absolute atomic E-state index is 13.3. The SMILES string of the molecule is Fc1cccc(/C=N/N(c2ccccc2)c2ccccc2)c1. The summed E-state index contributed by atoms with van der Waals surface area (Å²) in [5.41, 5.74) is 2.61. The van der Waals surface area contributed by atoms with Crippen LogP contribution in [-0.4, -0.2) is 6.21 Å². The van der Waals surface area contributed by atoms with Gasteiger partial charge in [-0.25, -0.2) is 9.40 Å². The van der Waals surface area contributed by atoms with Crippen molar-refractivity contribution in [3.05, 3.63) is 96.3 Å². The zero-order valence-electron chi connectivity index (χ0n) is 11.9. The van der Waals surface area contributed by atoms with Crippen LogP contribution in [0.1, 0.15) is 5.56 Å². The molecule has 3 aromatic rings. The van der Waals surface area contributed by atoms with Crippen LogP contribution in [0.2, 0.25) is 0 Å². The molecule has 0 bridgehead atoms. The Hall–Kier alpha value is -2.94. The third-order valence-corrected chi connectivity index (χ3v) is 3.17. The van der Waals surface area contributed by atoms with Gasteiger partial charge in [0.1, 0.15) is 5.82 Å². The molecule has 0 spiro atoms. The molecule has 0 heterocycles. The van der Waals surface area contributed by atoms with Crippen molar-refractivity contribution in [2.45, 2.75) is 0 Å². The zero-order chi connectivity index (χ0) is 15.2. The number of hydrogen-bond donors (Lipinski definition) is 0. The van der Waals surface area contributed by atoms with E-state index in [9.17, 15) is 4.39 Å². The fourth-order valence-electron chi connectivity index (χ4n) is 2.13. The highest BCUT2D eigenvalue weighted by molar-refractivity contribution is 5.81. The molecule has 22 heavy (non-hydrogen) atoms. The third kappa shape index (κ3) is 3.38. The number of rotatable bonds is 4. The molecule has 3 heteroatoms. The van der Waals surface area contributed by atoms with E-state index in [2.05, 4.69) is 5.10 Å². The Morgan fingerprint density at radius 3 is 1.86 bits per heavy atom. The average molecular weight is 290 g/mol. The van der Waals surface area contributed by atoms with Gasteiger partial charge in [0.05, 0.1) is 17.6 Å². The monoisotopic (exact) mass is 290 g/mol. The van der Waals surface area contributed by atoms with E-state index < -0.39 is 0 Å². The summed E-state index contributed by atoms with van der Waals surface area (Å²) in [5.74, 6) is -0.269. The smallest absolute Gasteiger partial charge is 0.123 e. The first-order valence-electron chi connectivity index (χ1n) is 7.03. The van der Waals surface area contributed by atoms with Crippen molar-refractivity contribution < 1.29 is 4.39 Å². The summed E-state index contributed by atoms with van der Waals surface area (Å²) in [5, 5.41) is 6.34. The highest BCUT2D eigenvalue weighted by atomic mass is 19.1. The van der Waals surface area contributed by atoms with Crippen molar-refractivity contribution in [2.24, 2.45) is 5.10 Å². The zero-order valence-corrected chi connectivity index (χ0v) is 11.9. The number of nitrogens with zero attached hydrogens (tertiary/aromatic N) is 2. The average Bonchev–Trinajstić information content (AvgIpc) is 2.57. The van der Waals surface area contributed by atoms with Crippen LogP contribution in [0, 0.1) is 5.82 Å². The van der Waals surface area contributed by atoms with E-state index in [0.717, 1.165) is 16.9 Å². The molecule has 0 radical (unpaired) electrons. The number of hydrogen-bond acceptors (Lipinski definition) is 2. The summed E-state index contributed by atoms with van der Waals surface area (Å²) < 4.78 is 13.3. The topological polar surface area (TPSA) is 15.6 Å². The standard InChI is InChI=1S/C19H15FN2/c20-17-9-7-8-16(14-17)15-21-22(18-10-3-1-4-11-18)19-12-5-2-6-13-19/h1-15H/b21-15+. The van der Waals surface area contributed by atoms with Crippen LogP contribution in [0.4, 0.5) is 15.8 Å². The minimum absolute atomic E-state index is 0.269. The number of anilines is 2. The normalized spacial score (nSPS) is 10.8. The molecule has 2 nitrogen and oxygen atoms in total. The summed E-state index contributed by atoms with van der Waals surface area (Å²) in [7, 11) is 0. The second-order valence-electron chi connectivity index (χ2n) is 4.78. The van der Waals surface area contributed by atoms with Crippen LogP contribution in [0.5, 0.6) is 0 Å². The second-order valence-corrected chi connectivity index (χ2v) is 4.78. The number of benzene rings is 3. The van der Waals surface area contributed by atoms with Crippen molar-refractivity contribution in [1.82, 2.24) is 0 Å². The molecule has 0 amide bonds. The van der Waals surface area contributed by atoms with E-state index >= 15 is 0 Å². The Balaban J connectivity index is 1.96. The predicted molar refractivity (Wildman–Crippen MR) is 89.0 cm³/mol. The summed E-state index contributed by atoms with van der Waals surface area (Å²) in [6.45, 7) is 0. The molecule has 0 saturated carbocycles. The summed E-state index contributed by atoms with van der Waals surface area (Å²) in [6.07, 6.45) is 1.66. The first-order valence-corrected chi connectivity index (χ1v) is 7.03. The Kier molecular flexibility index (Phi) is 4.25. The van der Waals surface area contributed by atoms with Crippen LogP contribution in [-0.2, 0) is 0 Å². The Morgan fingerprint density at radius 2 is 1.32 bits per heavy atom. The number of halogens is 1. The minimum atomic E-state index is -0.269. The van der Waals surface area contributed by atoms with Gasteiger partial charge in [-0.1, -0.05) is 48.5 Å². The minimum Gasteiger partial charge on any atom is -0.234 e. The number of para-hydroxylation sites is 2. The van der Waals surface area contributed by atoms with Crippen LogP contribution in [0.25, 0.3) is 0 Å². The molecule has 108 valence electrons. The van der Waals surface area contributed by atoms with E-state index in [1.165, 1.54) is 12.1 Å². The lowest BCUT2D eigenvalue weighted by Crippen LogP contribution is -2.09. The van der Waals surface area contributed by atoms with Gasteiger partial charge in [-0.05, 0) is 42.0 Å². The maximum atomic E-state index is 13.3. The van der Waals surface area contributed by atoms with Gasteiger partial charge in [0, 0.05) is 0 Å². The van der Waals surface area contributed by atoms with Gasteiger partial charge in [0.15, 0.2) is 0 Å². The van der Waals surface area contributed by atoms with Gasteiger partial charge in [0.2, 0.25) is 0 Å². The molecular weight excluding hydrogens is 275 g/mol. The Labute approximate surface area is 129 Å². The second kappa shape index (κ2) is 6.68. The van der Waals surface area contributed by atoms with E-state index in [1.54, 1.807) is 12.3 Å². The van der Waals surface area contributed by atoms with Gasteiger partial charge in [-0.15, -0.1) is 0 Å². The molecule has 0 fully saturated rings. The molecule has 3 aromatic carbocycles. The van der Waals surface area contributed by atoms with E-state index in [0.29, 0.717) is 0 Å². The molecule has 0 saturated heterocycles. The molecule has 0 unspecified atom stereocenters. The van der Waals surface area contributed by atoms with Crippen molar-refractivity contribution in [3.8, 4) is 0 Å². The highest BCUT2D eigenvalue weighted by Crippen LogP contribution is 2.25. The number of hydrazone groups is 1. The summed E-state index contributed by atoms with van der Waals surface area (Å²) >= 11 is 0. The van der Waals surface area contributed by atoms with E-state index in [-0.39, 0.29) is 5.82 Å². The lowest BCUT2D eigenvalue weighted by molar-refractivity contribution is 0.627. The van der Waals surface area contributed by atoms with Crippen LogP contribution < -0.4 is 5.01 Å². The molecule has 0 aliphatic rings. The predicted octanol–water partition coefficient (Wildman–Crippen LogP) is 5.00. The van der Waals surface area contributed by atoms with E-state index in [4.69, 9.17) is 0 Å². The lowest BCUT2D eigenvalue weighted by Gasteiger charge is -2.19. The summed E-state index contributed by atoms with van der Waals surface area (Å²) in [6, 6.07) is 26.1. The van der Waals surface area contributed by atoms with Gasteiger partial charge in [-0.3, -0.25) is 0 Å². The molecule has 0 N–H and O–H groups in total. The van der Waals surface area contributed by atoms with E-state index in [1.807, 2.05) is 71.7 Å². The van der Waals surface area contributed by atoms with Crippen LogP contribution in [0.15, 0.2) is 90.0 Å². The molecule has 0 aliphatic heterocycles. The van der Waals surface area contributed by atoms with Crippen molar-refractivity contribution in [1.29, 1.82) is 0 Å². The van der Waals surface area contributed by atoms with Gasteiger partial charge in [0.25, 0.3) is 0 Å². The lowest BCUT2D eigenvalue weighted by atomic mass is 10.2. The Bertz CT molecular complexity index is 715. The van der Waals surface area contributed by atoms with Crippen molar-refractivity contribution in [3.63, 3.8) is 0 Å².